The molecule has 0 fully saturated rings. The second-order valence-corrected chi connectivity index (χ2v) is 5.67. The molecule has 26 heavy (non-hydrogen) atoms. The first-order valence-electron chi connectivity index (χ1n) is 7.92. The monoisotopic (exact) mass is 365 g/mol. The fourth-order valence-electron chi connectivity index (χ4n) is 2.21. The quantitative estimate of drug-likeness (QED) is 0.762. The first-order chi connectivity index (χ1) is 12.3. The summed E-state index contributed by atoms with van der Waals surface area (Å²) in [5.41, 5.74) is 0.477. The Labute approximate surface area is 149 Å². The highest BCUT2D eigenvalue weighted by Crippen LogP contribution is 2.29. The number of amides is 1. The Kier molecular flexibility index (Phi) is 6.38. The lowest BCUT2D eigenvalue weighted by atomic mass is 10.1. The molecule has 0 aliphatic rings. The molecule has 0 bridgehead atoms. The molecule has 0 aliphatic carbocycles. The Morgan fingerprint density at radius 2 is 1.77 bits per heavy atom. The maximum atomic E-state index is 12.5. The van der Waals surface area contributed by atoms with Gasteiger partial charge in [0.25, 0.3) is 5.91 Å². The fraction of sp³-hybridized carbons (Fsp3) is 0.263. The van der Waals surface area contributed by atoms with Crippen molar-refractivity contribution in [2.24, 2.45) is 0 Å². The third kappa shape index (κ3) is 5.91. The minimum atomic E-state index is -4.36. The second-order valence-electron chi connectivity index (χ2n) is 5.67. The molecule has 0 aliphatic heterocycles. The van der Waals surface area contributed by atoms with Crippen molar-refractivity contribution in [1.82, 2.24) is 5.32 Å². The smallest absolute Gasteiger partial charge is 0.416 e. The van der Waals surface area contributed by atoms with Crippen molar-refractivity contribution in [3.8, 4) is 5.75 Å². The molecule has 0 unspecified atom stereocenters. The molecule has 1 amide bonds. The number of hydrogen-bond acceptors (Lipinski definition) is 3. The van der Waals surface area contributed by atoms with Crippen LogP contribution in [-0.4, -0.2) is 24.8 Å². The van der Waals surface area contributed by atoms with Gasteiger partial charge < -0.3 is 10.1 Å². The predicted octanol–water partition coefficient (Wildman–Crippen LogP) is 3.65. The summed E-state index contributed by atoms with van der Waals surface area (Å²) in [6.45, 7) is 1.50. The summed E-state index contributed by atoms with van der Waals surface area (Å²) < 4.78 is 42.8. The van der Waals surface area contributed by atoms with Gasteiger partial charge in [0.15, 0.2) is 12.4 Å². The van der Waals surface area contributed by atoms with Gasteiger partial charge in [0.05, 0.1) is 5.56 Å². The summed E-state index contributed by atoms with van der Waals surface area (Å²) in [5, 5.41) is 2.63. The summed E-state index contributed by atoms with van der Waals surface area (Å²) in [4.78, 5) is 23.0. The minimum absolute atomic E-state index is 0.101. The van der Waals surface area contributed by atoms with Gasteiger partial charge in [0.1, 0.15) is 5.75 Å². The Morgan fingerprint density at radius 1 is 1.08 bits per heavy atom. The van der Waals surface area contributed by atoms with E-state index in [4.69, 9.17) is 4.74 Å². The lowest BCUT2D eigenvalue weighted by Gasteiger charge is -2.09. The van der Waals surface area contributed by atoms with Gasteiger partial charge in [-0.1, -0.05) is 24.3 Å². The molecule has 0 atom stereocenters. The largest absolute Gasteiger partial charge is 0.484 e. The summed E-state index contributed by atoms with van der Waals surface area (Å²) in [6.07, 6.45) is -3.95. The van der Waals surface area contributed by atoms with Crippen LogP contribution >= 0.6 is 0 Å². The molecule has 0 radical (unpaired) electrons. The van der Waals surface area contributed by atoms with Gasteiger partial charge in [0, 0.05) is 12.1 Å². The van der Waals surface area contributed by atoms with Crippen LogP contribution < -0.4 is 10.1 Å². The fourth-order valence-corrected chi connectivity index (χ4v) is 2.21. The third-order valence-corrected chi connectivity index (χ3v) is 3.63. The van der Waals surface area contributed by atoms with Crippen molar-refractivity contribution in [2.45, 2.75) is 19.5 Å². The van der Waals surface area contributed by atoms with E-state index in [2.05, 4.69) is 5.32 Å². The molecule has 7 heteroatoms. The first kappa shape index (κ1) is 19.5. The van der Waals surface area contributed by atoms with Gasteiger partial charge in [0.2, 0.25) is 0 Å². The van der Waals surface area contributed by atoms with E-state index in [1.54, 1.807) is 24.3 Å². The maximum Gasteiger partial charge on any atom is 0.416 e. The second kappa shape index (κ2) is 8.51. The van der Waals surface area contributed by atoms with Crippen LogP contribution in [0.3, 0.4) is 0 Å². The number of benzene rings is 2. The average molecular weight is 365 g/mol. The molecule has 0 aromatic heterocycles. The topological polar surface area (TPSA) is 55.4 Å². The van der Waals surface area contributed by atoms with Crippen LogP contribution in [0.2, 0.25) is 0 Å². The maximum absolute atomic E-state index is 12.5. The number of ether oxygens (including phenoxy) is 1. The molecule has 0 heterocycles. The highest BCUT2D eigenvalue weighted by atomic mass is 19.4. The van der Waals surface area contributed by atoms with E-state index in [0.29, 0.717) is 23.3 Å². The van der Waals surface area contributed by atoms with E-state index in [-0.39, 0.29) is 24.8 Å². The Balaban J connectivity index is 1.75. The van der Waals surface area contributed by atoms with Gasteiger partial charge in [-0.2, -0.15) is 13.2 Å². The molecule has 0 spiro atoms. The average Bonchev–Trinajstić information content (AvgIpc) is 2.60. The molecule has 4 nitrogen and oxygen atoms in total. The number of alkyl halides is 3. The molecule has 138 valence electrons. The lowest BCUT2D eigenvalue weighted by molar-refractivity contribution is -0.137. The van der Waals surface area contributed by atoms with Gasteiger partial charge >= 0.3 is 6.18 Å². The summed E-state index contributed by atoms with van der Waals surface area (Å²) in [7, 11) is 0. The van der Waals surface area contributed by atoms with Crippen molar-refractivity contribution in [3.05, 3.63) is 65.2 Å². The van der Waals surface area contributed by atoms with Crippen molar-refractivity contribution < 1.29 is 27.5 Å². The highest BCUT2D eigenvalue weighted by molar-refractivity contribution is 5.94. The van der Waals surface area contributed by atoms with E-state index >= 15 is 0 Å². The number of halogens is 3. The van der Waals surface area contributed by atoms with Crippen LogP contribution in [0.4, 0.5) is 13.2 Å². The van der Waals surface area contributed by atoms with Gasteiger partial charge in [-0.3, -0.25) is 9.59 Å². The van der Waals surface area contributed by atoms with Crippen molar-refractivity contribution in [3.63, 3.8) is 0 Å². The number of hydrogen-bond donors (Lipinski definition) is 1. The Bertz CT molecular complexity index is 770. The minimum Gasteiger partial charge on any atom is -0.484 e. The lowest BCUT2D eigenvalue weighted by Crippen LogP contribution is -2.30. The molecule has 2 rings (SSSR count). The molecular formula is C19H18F3NO3. The van der Waals surface area contributed by atoms with Crippen LogP contribution in [0, 0.1) is 0 Å². The summed E-state index contributed by atoms with van der Waals surface area (Å²) in [5.74, 6) is -0.0443. The van der Waals surface area contributed by atoms with Crippen LogP contribution in [0.5, 0.6) is 5.75 Å². The molecular weight excluding hydrogens is 347 g/mol. The highest BCUT2D eigenvalue weighted by Gasteiger charge is 2.29. The zero-order chi connectivity index (χ0) is 19.2. The number of carbonyl (C=O) groups is 2. The van der Waals surface area contributed by atoms with Crippen molar-refractivity contribution in [2.75, 3.05) is 13.2 Å². The van der Waals surface area contributed by atoms with E-state index in [9.17, 15) is 22.8 Å². The summed E-state index contributed by atoms with van der Waals surface area (Å²) >= 11 is 0. The van der Waals surface area contributed by atoms with E-state index < -0.39 is 11.7 Å². The number of nitrogens with one attached hydrogen (secondary N) is 1. The van der Waals surface area contributed by atoms with Gasteiger partial charge in [-0.05, 0) is 43.2 Å². The van der Waals surface area contributed by atoms with Gasteiger partial charge in [-0.15, -0.1) is 0 Å². The van der Waals surface area contributed by atoms with Crippen LogP contribution in [-0.2, 0) is 17.4 Å². The van der Waals surface area contributed by atoms with Crippen LogP contribution in [0.15, 0.2) is 48.5 Å². The normalized spacial score (nSPS) is 11.1. The van der Waals surface area contributed by atoms with E-state index in [1.165, 1.54) is 19.1 Å². The molecule has 1 N–H and O–H groups in total. The van der Waals surface area contributed by atoms with E-state index in [0.717, 1.165) is 12.1 Å². The SMILES string of the molecule is CC(=O)c1cccc(OCC(=O)NCCc2ccc(C(F)(F)F)cc2)c1. The third-order valence-electron chi connectivity index (χ3n) is 3.63. The first-order valence-corrected chi connectivity index (χ1v) is 7.92. The van der Waals surface area contributed by atoms with E-state index in [1.807, 2.05) is 0 Å². The van der Waals surface area contributed by atoms with Gasteiger partial charge in [-0.25, -0.2) is 0 Å². The number of ketones is 1. The van der Waals surface area contributed by atoms with Crippen LogP contribution in [0.25, 0.3) is 0 Å². The molecule has 0 saturated carbocycles. The molecule has 2 aromatic carbocycles. The zero-order valence-electron chi connectivity index (χ0n) is 14.1. The zero-order valence-corrected chi connectivity index (χ0v) is 14.1. The number of Topliss-reactive ketones (excluding diaryl/α,β-unsaturated/α-hetero) is 1. The standard InChI is InChI=1S/C19H18F3NO3/c1-13(24)15-3-2-4-17(11-15)26-12-18(25)23-10-9-14-5-7-16(8-6-14)19(20,21)22/h2-8,11H,9-10,12H2,1H3,(H,23,25). The Hall–Kier alpha value is -2.83. The van der Waals surface area contributed by atoms with Crippen molar-refractivity contribution >= 4 is 11.7 Å². The predicted molar refractivity (Wildman–Crippen MR) is 90.1 cm³/mol. The van der Waals surface area contributed by atoms with Crippen molar-refractivity contribution in [1.29, 1.82) is 0 Å². The number of carbonyl (C=O) groups excluding carboxylic acids is 2. The van der Waals surface area contributed by atoms with Crippen LogP contribution in [0.1, 0.15) is 28.4 Å². The summed E-state index contributed by atoms with van der Waals surface area (Å²) in [6, 6.07) is 11.3. The number of rotatable bonds is 7. The molecule has 2 aromatic rings. The molecule has 0 saturated heterocycles. The Morgan fingerprint density at radius 3 is 2.38 bits per heavy atom.